The molecule has 3 aromatic rings. The maximum atomic E-state index is 12.1. The van der Waals surface area contributed by atoms with E-state index in [2.05, 4.69) is 20.8 Å². The van der Waals surface area contributed by atoms with Crippen LogP contribution in [0.4, 0.5) is 5.69 Å². The zero-order valence-corrected chi connectivity index (χ0v) is 14.6. The van der Waals surface area contributed by atoms with Gasteiger partial charge in [0.2, 0.25) is 12.3 Å². The van der Waals surface area contributed by atoms with Crippen molar-refractivity contribution < 1.29 is 18.7 Å². The van der Waals surface area contributed by atoms with Crippen molar-refractivity contribution in [3.05, 3.63) is 60.5 Å². The number of hydrogen-bond acceptors (Lipinski definition) is 6. The smallest absolute Gasteiger partial charge is 0.262 e. The average Bonchev–Trinajstić information content (AvgIpc) is 3.22. The third-order valence-electron chi connectivity index (χ3n) is 3.58. The Labute approximate surface area is 155 Å². The van der Waals surface area contributed by atoms with E-state index in [0.717, 1.165) is 5.56 Å². The topological polar surface area (TPSA) is 106 Å². The van der Waals surface area contributed by atoms with Gasteiger partial charge in [-0.2, -0.15) is 0 Å². The van der Waals surface area contributed by atoms with Crippen LogP contribution in [0.1, 0.15) is 17.3 Å². The molecule has 0 bridgehead atoms. The molecule has 1 heterocycles. The second kappa shape index (κ2) is 8.61. The van der Waals surface area contributed by atoms with Crippen molar-refractivity contribution in [1.29, 1.82) is 0 Å². The van der Waals surface area contributed by atoms with Gasteiger partial charge in [0.05, 0.1) is 0 Å². The van der Waals surface area contributed by atoms with Crippen LogP contribution in [0.5, 0.6) is 5.75 Å². The van der Waals surface area contributed by atoms with Crippen LogP contribution in [0.15, 0.2) is 59.3 Å². The van der Waals surface area contributed by atoms with Crippen LogP contribution in [0.2, 0.25) is 0 Å². The number of aromatic nitrogens is 2. The van der Waals surface area contributed by atoms with E-state index in [4.69, 9.17) is 9.15 Å². The van der Waals surface area contributed by atoms with Crippen molar-refractivity contribution in [2.75, 3.05) is 18.5 Å². The summed E-state index contributed by atoms with van der Waals surface area (Å²) in [7, 11) is 0. The Morgan fingerprint density at radius 1 is 1.15 bits per heavy atom. The molecular weight excluding hydrogens is 348 g/mol. The number of carbonyl (C=O) groups is 2. The van der Waals surface area contributed by atoms with Crippen LogP contribution >= 0.6 is 0 Å². The third-order valence-corrected chi connectivity index (χ3v) is 3.58. The average molecular weight is 366 g/mol. The van der Waals surface area contributed by atoms with Gasteiger partial charge in [-0.15, -0.1) is 10.2 Å². The standard InChI is InChI=1S/C19H18N4O4/c1-2-20-18(25)14-4-3-5-15(10-14)22-17(24)11-26-16-8-6-13(7-9-16)19-23-21-12-27-19/h3-10,12H,2,11H2,1H3,(H,20,25)(H,22,24). The first kappa shape index (κ1) is 18.1. The molecule has 27 heavy (non-hydrogen) atoms. The van der Waals surface area contributed by atoms with Gasteiger partial charge >= 0.3 is 0 Å². The molecule has 2 aromatic carbocycles. The van der Waals surface area contributed by atoms with Gasteiger partial charge < -0.3 is 19.8 Å². The van der Waals surface area contributed by atoms with Gasteiger partial charge in [-0.3, -0.25) is 9.59 Å². The van der Waals surface area contributed by atoms with Gasteiger partial charge in [-0.05, 0) is 49.4 Å². The fourth-order valence-corrected chi connectivity index (χ4v) is 2.34. The number of nitrogens with zero attached hydrogens (tertiary/aromatic N) is 2. The second-order valence-corrected chi connectivity index (χ2v) is 5.55. The maximum Gasteiger partial charge on any atom is 0.262 e. The Balaban J connectivity index is 1.54. The molecule has 0 fully saturated rings. The summed E-state index contributed by atoms with van der Waals surface area (Å²) in [6.45, 7) is 2.22. The lowest BCUT2D eigenvalue weighted by Crippen LogP contribution is -2.23. The van der Waals surface area contributed by atoms with Crippen LogP contribution in [0.25, 0.3) is 11.5 Å². The third kappa shape index (κ3) is 4.91. The minimum absolute atomic E-state index is 0.161. The summed E-state index contributed by atoms with van der Waals surface area (Å²) in [5, 5.41) is 12.9. The van der Waals surface area contributed by atoms with Crippen molar-refractivity contribution in [2.24, 2.45) is 0 Å². The van der Waals surface area contributed by atoms with Crippen molar-refractivity contribution in [3.63, 3.8) is 0 Å². The number of carbonyl (C=O) groups excluding carboxylic acids is 2. The van der Waals surface area contributed by atoms with Gasteiger partial charge in [0, 0.05) is 23.4 Å². The largest absolute Gasteiger partial charge is 0.484 e. The molecule has 0 aliphatic carbocycles. The van der Waals surface area contributed by atoms with E-state index in [1.165, 1.54) is 6.39 Å². The highest BCUT2D eigenvalue weighted by molar-refractivity contribution is 5.97. The summed E-state index contributed by atoms with van der Waals surface area (Å²) in [4.78, 5) is 23.9. The van der Waals surface area contributed by atoms with Gasteiger partial charge in [0.15, 0.2) is 6.61 Å². The molecule has 8 heteroatoms. The van der Waals surface area contributed by atoms with E-state index < -0.39 is 0 Å². The number of anilines is 1. The van der Waals surface area contributed by atoms with E-state index in [1.54, 1.807) is 48.5 Å². The normalized spacial score (nSPS) is 10.3. The maximum absolute atomic E-state index is 12.1. The van der Waals surface area contributed by atoms with E-state index in [1.807, 2.05) is 6.92 Å². The van der Waals surface area contributed by atoms with Gasteiger partial charge in [-0.1, -0.05) is 6.07 Å². The SMILES string of the molecule is CCNC(=O)c1cccc(NC(=O)COc2ccc(-c3nnco3)cc2)c1. The summed E-state index contributed by atoms with van der Waals surface area (Å²) in [6.07, 6.45) is 1.25. The minimum Gasteiger partial charge on any atom is -0.484 e. The Hall–Kier alpha value is -3.68. The molecule has 2 amide bonds. The first-order valence-corrected chi connectivity index (χ1v) is 8.33. The number of rotatable bonds is 7. The summed E-state index contributed by atoms with van der Waals surface area (Å²) in [5.74, 6) is 0.422. The number of nitrogens with one attached hydrogen (secondary N) is 2. The molecule has 0 aliphatic heterocycles. The quantitative estimate of drug-likeness (QED) is 0.665. The fourth-order valence-electron chi connectivity index (χ4n) is 2.34. The molecule has 0 saturated carbocycles. The number of hydrogen-bond donors (Lipinski definition) is 2. The van der Waals surface area contributed by atoms with Crippen molar-refractivity contribution in [3.8, 4) is 17.2 Å². The molecule has 138 valence electrons. The van der Waals surface area contributed by atoms with Crippen LogP contribution in [0.3, 0.4) is 0 Å². The van der Waals surface area contributed by atoms with E-state index in [9.17, 15) is 9.59 Å². The number of amides is 2. The highest BCUT2D eigenvalue weighted by atomic mass is 16.5. The molecule has 1 aromatic heterocycles. The number of ether oxygens (including phenoxy) is 1. The number of benzene rings is 2. The molecule has 0 atom stereocenters. The van der Waals surface area contributed by atoms with Crippen LogP contribution < -0.4 is 15.4 Å². The second-order valence-electron chi connectivity index (χ2n) is 5.55. The summed E-state index contributed by atoms with van der Waals surface area (Å²) in [5.41, 5.74) is 1.76. The summed E-state index contributed by atoms with van der Waals surface area (Å²) >= 11 is 0. The van der Waals surface area contributed by atoms with Gasteiger partial charge in [0.1, 0.15) is 5.75 Å². The lowest BCUT2D eigenvalue weighted by molar-refractivity contribution is -0.118. The fraction of sp³-hybridized carbons (Fsp3) is 0.158. The predicted octanol–water partition coefficient (Wildman–Crippen LogP) is 2.50. The molecule has 0 saturated heterocycles. The molecule has 8 nitrogen and oxygen atoms in total. The highest BCUT2D eigenvalue weighted by Crippen LogP contribution is 2.20. The van der Waals surface area contributed by atoms with Crippen molar-refractivity contribution in [2.45, 2.75) is 6.92 Å². The molecule has 0 radical (unpaired) electrons. The highest BCUT2D eigenvalue weighted by Gasteiger charge is 2.08. The van der Waals surface area contributed by atoms with Crippen LogP contribution in [0, 0.1) is 0 Å². The van der Waals surface area contributed by atoms with Crippen LogP contribution in [-0.2, 0) is 4.79 Å². The van der Waals surface area contributed by atoms with E-state index >= 15 is 0 Å². The first-order chi connectivity index (χ1) is 13.2. The zero-order chi connectivity index (χ0) is 19.1. The van der Waals surface area contributed by atoms with Gasteiger partial charge in [-0.25, -0.2) is 0 Å². The van der Waals surface area contributed by atoms with Crippen molar-refractivity contribution in [1.82, 2.24) is 15.5 Å². The molecular formula is C19H18N4O4. The molecule has 2 N–H and O–H groups in total. The Morgan fingerprint density at radius 3 is 2.67 bits per heavy atom. The molecule has 3 rings (SSSR count). The summed E-state index contributed by atoms with van der Waals surface area (Å²) in [6, 6.07) is 13.7. The summed E-state index contributed by atoms with van der Waals surface area (Å²) < 4.78 is 10.6. The first-order valence-electron chi connectivity index (χ1n) is 8.33. The Morgan fingerprint density at radius 2 is 1.96 bits per heavy atom. The monoisotopic (exact) mass is 366 g/mol. The van der Waals surface area contributed by atoms with E-state index in [-0.39, 0.29) is 18.4 Å². The molecule has 0 aliphatic rings. The van der Waals surface area contributed by atoms with Gasteiger partial charge in [0.25, 0.3) is 11.8 Å². The zero-order valence-electron chi connectivity index (χ0n) is 14.6. The molecule has 0 spiro atoms. The lowest BCUT2D eigenvalue weighted by atomic mass is 10.2. The van der Waals surface area contributed by atoms with Crippen LogP contribution in [-0.4, -0.2) is 35.2 Å². The van der Waals surface area contributed by atoms with Crippen molar-refractivity contribution >= 4 is 17.5 Å². The lowest BCUT2D eigenvalue weighted by Gasteiger charge is -2.09. The predicted molar refractivity (Wildman–Crippen MR) is 98.3 cm³/mol. The Bertz CT molecular complexity index is 908. The Kier molecular flexibility index (Phi) is 5.78. The van der Waals surface area contributed by atoms with E-state index in [0.29, 0.717) is 29.4 Å². The molecule has 0 unspecified atom stereocenters. The minimum atomic E-state index is -0.330.